The van der Waals surface area contributed by atoms with Crippen LogP contribution in [0.1, 0.15) is 47.2 Å². The number of rotatable bonds is 4. The fourth-order valence-corrected chi connectivity index (χ4v) is 9.58. The van der Waals surface area contributed by atoms with E-state index in [2.05, 4.69) is 207 Å². The molecular weight excluding hydrogens is 651 g/mol. The number of fused-ring (bicyclic) bond motifs is 10. The monoisotopic (exact) mass is 691 g/mol. The van der Waals surface area contributed by atoms with Crippen molar-refractivity contribution in [1.82, 2.24) is 0 Å². The maximum Gasteiger partial charge on any atom is 0.0711 e. The molecule has 1 heteroatoms. The minimum absolute atomic E-state index is 0.123. The highest BCUT2D eigenvalue weighted by molar-refractivity contribution is 5.91. The van der Waals surface area contributed by atoms with Crippen molar-refractivity contribution in [2.45, 2.75) is 31.1 Å². The Morgan fingerprint density at radius 3 is 1.81 bits per heavy atom. The third-order valence-corrected chi connectivity index (χ3v) is 12.1. The van der Waals surface area contributed by atoms with Gasteiger partial charge in [0, 0.05) is 22.5 Å². The van der Waals surface area contributed by atoms with Gasteiger partial charge in [-0.05, 0) is 115 Å². The molecule has 0 N–H and O–H groups in total. The summed E-state index contributed by atoms with van der Waals surface area (Å²) in [6.45, 7) is 9.59. The molecule has 0 amide bonds. The lowest BCUT2D eigenvalue weighted by Gasteiger charge is -2.36. The van der Waals surface area contributed by atoms with Crippen LogP contribution in [0.5, 0.6) is 0 Å². The summed E-state index contributed by atoms with van der Waals surface area (Å²) in [5, 5.41) is 0. The Morgan fingerprint density at radius 1 is 0.463 bits per heavy atom. The SMILES string of the molecule is C=C1/C=C\C=C/Cc2ccccc2C12c1ccccc1-c1ccc(N(c3cccc(-c4ccccc4)c3)c3ccc4c(c3)C(C)(C)c3ccccc3-4)cc12. The van der Waals surface area contributed by atoms with Crippen molar-refractivity contribution in [3.8, 4) is 33.4 Å². The summed E-state index contributed by atoms with van der Waals surface area (Å²) in [4.78, 5) is 2.46. The molecule has 0 saturated carbocycles. The lowest BCUT2D eigenvalue weighted by molar-refractivity contribution is 0.660. The van der Waals surface area contributed by atoms with Gasteiger partial charge in [-0.1, -0.05) is 172 Å². The van der Waals surface area contributed by atoms with Gasteiger partial charge in [-0.15, -0.1) is 0 Å². The number of benzene rings is 7. The minimum Gasteiger partial charge on any atom is -0.310 e. The molecule has 3 aliphatic carbocycles. The van der Waals surface area contributed by atoms with Crippen molar-refractivity contribution in [2.75, 3.05) is 4.90 Å². The number of hydrogen-bond donors (Lipinski definition) is 0. The first-order valence-corrected chi connectivity index (χ1v) is 19.0. The normalized spacial score (nSPS) is 18.3. The van der Waals surface area contributed by atoms with E-state index in [1.54, 1.807) is 0 Å². The third-order valence-electron chi connectivity index (χ3n) is 12.1. The van der Waals surface area contributed by atoms with Crippen LogP contribution < -0.4 is 4.90 Å². The van der Waals surface area contributed by atoms with Gasteiger partial charge in [0.1, 0.15) is 0 Å². The molecule has 0 aromatic heterocycles. The summed E-state index contributed by atoms with van der Waals surface area (Å²) in [7, 11) is 0. The fourth-order valence-electron chi connectivity index (χ4n) is 9.58. The first-order chi connectivity index (χ1) is 26.5. The van der Waals surface area contributed by atoms with Crippen LogP contribution in [-0.4, -0.2) is 0 Å². The zero-order chi connectivity index (χ0) is 36.4. The van der Waals surface area contributed by atoms with Crippen LogP contribution in [-0.2, 0) is 17.3 Å². The Morgan fingerprint density at radius 2 is 1.04 bits per heavy atom. The van der Waals surface area contributed by atoms with Gasteiger partial charge >= 0.3 is 0 Å². The fraction of sp³-hybridized carbons (Fsp3) is 0.0943. The predicted molar refractivity (Wildman–Crippen MR) is 227 cm³/mol. The third kappa shape index (κ3) is 4.71. The van der Waals surface area contributed by atoms with E-state index in [-0.39, 0.29) is 5.41 Å². The topological polar surface area (TPSA) is 3.24 Å². The molecule has 0 radical (unpaired) electrons. The van der Waals surface area contributed by atoms with Gasteiger partial charge < -0.3 is 4.90 Å². The molecule has 1 spiro atoms. The highest BCUT2D eigenvalue weighted by atomic mass is 15.1. The highest BCUT2D eigenvalue weighted by Gasteiger charge is 2.47. The van der Waals surface area contributed by atoms with Crippen molar-refractivity contribution in [3.63, 3.8) is 0 Å². The van der Waals surface area contributed by atoms with Gasteiger partial charge in [0.2, 0.25) is 0 Å². The van der Waals surface area contributed by atoms with Crippen molar-refractivity contribution in [3.05, 3.63) is 234 Å². The lowest BCUT2D eigenvalue weighted by atomic mass is 9.66. The minimum atomic E-state index is -0.555. The number of anilines is 3. The van der Waals surface area contributed by atoms with Gasteiger partial charge in [0.15, 0.2) is 0 Å². The quantitative estimate of drug-likeness (QED) is 0.178. The zero-order valence-corrected chi connectivity index (χ0v) is 30.8. The molecular formula is C53H41N. The molecule has 1 nitrogen and oxygen atoms in total. The van der Waals surface area contributed by atoms with Crippen molar-refractivity contribution < 1.29 is 0 Å². The predicted octanol–water partition coefficient (Wildman–Crippen LogP) is 13.7. The molecule has 258 valence electrons. The molecule has 0 fully saturated rings. The molecule has 1 atom stereocenters. The van der Waals surface area contributed by atoms with E-state index in [1.165, 1.54) is 66.8 Å². The van der Waals surface area contributed by atoms with E-state index in [9.17, 15) is 0 Å². The number of hydrogen-bond acceptors (Lipinski definition) is 1. The smallest absolute Gasteiger partial charge is 0.0711 e. The molecule has 7 aromatic rings. The van der Waals surface area contributed by atoms with Crippen LogP contribution in [0, 0.1) is 0 Å². The van der Waals surface area contributed by atoms with Gasteiger partial charge in [-0.25, -0.2) is 0 Å². The van der Waals surface area contributed by atoms with Crippen molar-refractivity contribution >= 4 is 17.1 Å². The Bertz CT molecular complexity index is 2690. The second-order valence-electron chi connectivity index (χ2n) is 15.4. The zero-order valence-electron chi connectivity index (χ0n) is 30.8. The molecule has 1 unspecified atom stereocenters. The molecule has 0 heterocycles. The van der Waals surface area contributed by atoms with Gasteiger partial charge in [-0.3, -0.25) is 0 Å². The molecule has 0 aliphatic heterocycles. The number of nitrogens with zero attached hydrogens (tertiary/aromatic N) is 1. The van der Waals surface area contributed by atoms with E-state index in [4.69, 9.17) is 6.58 Å². The molecule has 0 bridgehead atoms. The lowest BCUT2D eigenvalue weighted by Crippen LogP contribution is -2.30. The van der Waals surface area contributed by atoms with E-state index >= 15 is 0 Å². The summed E-state index contributed by atoms with van der Waals surface area (Å²) in [5.74, 6) is 0. The maximum absolute atomic E-state index is 4.87. The first-order valence-electron chi connectivity index (χ1n) is 19.0. The molecule has 54 heavy (non-hydrogen) atoms. The largest absolute Gasteiger partial charge is 0.310 e. The van der Waals surface area contributed by atoms with Crippen LogP contribution in [0.3, 0.4) is 0 Å². The maximum atomic E-state index is 4.87. The van der Waals surface area contributed by atoms with E-state index < -0.39 is 5.41 Å². The summed E-state index contributed by atoms with van der Waals surface area (Å²) in [5.41, 5.74) is 19.2. The Hall–Kier alpha value is -6.44. The average molecular weight is 692 g/mol. The second-order valence-corrected chi connectivity index (χ2v) is 15.4. The Balaban J connectivity index is 1.23. The Labute approximate surface area is 318 Å². The first kappa shape index (κ1) is 32.2. The van der Waals surface area contributed by atoms with Crippen molar-refractivity contribution in [2.24, 2.45) is 0 Å². The van der Waals surface area contributed by atoms with Crippen LogP contribution >= 0.6 is 0 Å². The van der Waals surface area contributed by atoms with Crippen molar-refractivity contribution in [1.29, 1.82) is 0 Å². The molecule has 3 aliphatic rings. The van der Waals surface area contributed by atoms with Gasteiger partial charge in [0.05, 0.1) is 5.41 Å². The van der Waals surface area contributed by atoms with E-state index in [0.717, 1.165) is 29.1 Å². The van der Waals surface area contributed by atoms with Crippen LogP contribution in [0.4, 0.5) is 17.1 Å². The highest BCUT2D eigenvalue weighted by Crippen LogP contribution is 2.58. The van der Waals surface area contributed by atoms with Crippen LogP contribution in [0.15, 0.2) is 200 Å². The summed E-state index contributed by atoms with van der Waals surface area (Å²) < 4.78 is 0. The van der Waals surface area contributed by atoms with Crippen LogP contribution in [0.25, 0.3) is 33.4 Å². The standard InChI is InChI=1S/C53H41N/c1-36-17-6-4-9-20-38-21-10-13-26-47(38)53(36)49-28-15-12-25-44(49)46-32-30-42(35-51(46)53)54(40-23-16-22-39(33-40)37-18-7-5-8-19-37)41-29-31-45-43-24-11-14-27-48(43)52(2,3)50(45)34-41/h4-19,21-35H,1,20H2,2-3H3/b9-4-,17-6-. The molecule has 7 aromatic carbocycles. The second kappa shape index (κ2) is 12.3. The summed E-state index contributed by atoms with van der Waals surface area (Å²) in [6.07, 6.45) is 9.66. The molecule has 10 rings (SSSR count). The average Bonchev–Trinajstić information content (AvgIpc) is 3.66. The van der Waals surface area contributed by atoms with Gasteiger partial charge in [0.25, 0.3) is 0 Å². The summed E-state index contributed by atoms with van der Waals surface area (Å²) in [6, 6.07) is 60.7. The Kier molecular flexibility index (Phi) is 7.35. The molecule has 0 saturated heterocycles. The van der Waals surface area contributed by atoms with Crippen LogP contribution in [0.2, 0.25) is 0 Å². The van der Waals surface area contributed by atoms with E-state index in [0.29, 0.717) is 0 Å². The van der Waals surface area contributed by atoms with E-state index in [1.807, 2.05) is 0 Å². The number of allylic oxidation sites excluding steroid dienone is 5. The summed E-state index contributed by atoms with van der Waals surface area (Å²) >= 11 is 0. The van der Waals surface area contributed by atoms with Gasteiger partial charge in [-0.2, -0.15) is 0 Å².